The number of hydrogen-bond donors (Lipinski definition) is 1. The molecule has 2 aromatic carbocycles. The Bertz CT molecular complexity index is 1000. The second kappa shape index (κ2) is 7.04. The van der Waals surface area contributed by atoms with Gasteiger partial charge in [0.2, 0.25) is 5.91 Å². The summed E-state index contributed by atoms with van der Waals surface area (Å²) in [5, 5.41) is 3.47. The van der Waals surface area contributed by atoms with Crippen LogP contribution in [0.4, 0.5) is 4.39 Å². The topological polar surface area (TPSA) is 51.5 Å². The van der Waals surface area contributed by atoms with Gasteiger partial charge in [-0.05, 0) is 43.2 Å². The quantitative estimate of drug-likeness (QED) is 0.692. The van der Waals surface area contributed by atoms with E-state index in [1.54, 1.807) is 32.6 Å². The first-order valence-electron chi connectivity index (χ1n) is 8.21. The molecule has 0 fully saturated rings. The average molecular weight is 353 g/mol. The van der Waals surface area contributed by atoms with Crippen LogP contribution in [0.5, 0.6) is 5.75 Å². The number of methoxy groups -OCH3 is 1. The van der Waals surface area contributed by atoms with E-state index in [0.29, 0.717) is 11.3 Å². The number of hydrogen-bond acceptors (Lipinski definition) is 3. The molecule has 5 heteroatoms. The van der Waals surface area contributed by atoms with E-state index >= 15 is 0 Å². The standard InChI is InChI=1S/C21H20FNO3/c1-12(9-19(24)23-3)16-10-17-18(14-5-7-15(22)8-6-14)11-26-21(17)13(2)20(16)25-4/h5-11H,1-4H3,(H,23,24)/b12-9+. The van der Waals surface area contributed by atoms with Gasteiger partial charge in [-0.15, -0.1) is 0 Å². The molecule has 0 aliphatic heterocycles. The Morgan fingerprint density at radius 1 is 1.27 bits per heavy atom. The van der Waals surface area contributed by atoms with Crippen LogP contribution in [0.3, 0.4) is 0 Å². The summed E-state index contributed by atoms with van der Waals surface area (Å²) >= 11 is 0. The maximum absolute atomic E-state index is 13.2. The van der Waals surface area contributed by atoms with Gasteiger partial charge < -0.3 is 14.5 Å². The fraction of sp³-hybridized carbons (Fsp3) is 0.190. The predicted molar refractivity (Wildman–Crippen MR) is 101 cm³/mol. The summed E-state index contributed by atoms with van der Waals surface area (Å²) in [7, 11) is 3.18. The third kappa shape index (κ3) is 3.08. The molecule has 0 aliphatic carbocycles. The number of carbonyl (C=O) groups is 1. The number of fused-ring (bicyclic) bond motifs is 1. The van der Waals surface area contributed by atoms with Crippen molar-refractivity contribution in [3.63, 3.8) is 0 Å². The Kier molecular flexibility index (Phi) is 4.80. The summed E-state index contributed by atoms with van der Waals surface area (Å²) in [6, 6.07) is 8.21. The van der Waals surface area contributed by atoms with Gasteiger partial charge in [0, 0.05) is 35.2 Å². The van der Waals surface area contributed by atoms with Crippen LogP contribution in [0.1, 0.15) is 18.1 Å². The van der Waals surface area contributed by atoms with Gasteiger partial charge in [0.25, 0.3) is 0 Å². The van der Waals surface area contributed by atoms with Crippen molar-refractivity contribution < 1.29 is 18.3 Å². The molecule has 134 valence electrons. The number of aryl methyl sites for hydroxylation is 1. The van der Waals surface area contributed by atoms with Crippen LogP contribution in [0.15, 0.2) is 47.1 Å². The molecular formula is C21H20FNO3. The van der Waals surface area contributed by atoms with Gasteiger partial charge >= 0.3 is 0 Å². The number of likely N-dealkylation sites (N-methyl/N-ethyl adjacent to an activating group) is 1. The van der Waals surface area contributed by atoms with Crippen LogP contribution in [0.2, 0.25) is 0 Å². The van der Waals surface area contributed by atoms with E-state index in [1.165, 1.54) is 18.2 Å². The van der Waals surface area contributed by atoms with Gasteiger partial charge in [-0.1, -0.05) is 12.1 Å². The molecule has 3 aromatic rings. The van der Waals surface area contributed by atoms with Crippen molar-refractivity contribution in [2.24, 2.45) is 0 Å². The summed E-state index contributed by atoms with van der Waals surface area (Å²) in [6.07, 6.45) is 3.19. The zero-order valence-electron chi connectivity index (χ0n) is 15.1. The molecule has 1 heterocycles. The van der Waals surface area contributed by atoms with Gasteiger partial charge in [0.1, 0.15) is 17.1 Å². The van der Waals surface area contributed by atoms with E-state index in [9.17, 15) is 9.18 Å². The lowest BCUT2D eigenvalue weighted by atomic mass is 9.96. The van der Waals surface area contributed by atoms with Gasteiger partial charge in [-0.3, -0.25) is 4.79 Å². The first-order valence-corrected chi connectivity index (χ1v) is 8.21. The fourth-order valence-electron chi connectivity index (χ4n) is 3.07. The summed E-state index contributed by atoms with van der Waals surface area (Å²) in [5.41, 5.74) is 4.85. The number of furan rings is 1. The number of nitrogens with one attached hydrogen (secondary N) is 1. The highest BCUT2D eigenvalue weighted by molar-refractivity contribution is 6.01. The highest BCUT2D eigenvalue weighted by Gasteiger charge is 2.18. The predicted octanol–water partition coefficient (Wildman–Crippen LogP) is 4.71. The summed E-state index contributed by atoms with van der Waals surface area (Å²) in [4.78, 5) is 11.7. The van der Waals surface area contributed by atoms with Gasteiger partial charge in [0.15, 0.2) is 0 Å². The average Bonchev–Trinajstić information content (AvgIpc) is 3.06. The van der Waals surface area contributed by atoms with E-state index in [0.717, 1.165) is 33.2 Å². The van der Waals surface area contributed by atoms with Crippen LogP contribution in [-0.4, -0.2) is 20.1 Å². The highest BCUT2D eigenvalue weighted by Crippen LogP contribution is 2.40. The zero-order valence-corrected chi connectivity index (χ0v) is 15.1. The molecule has 0 radical (unpaired) electrons. The van der Waals surface area contributed by atoms with Crippen LogP contribution in [0.25, 0.3) is 27.7 Å². The Morgan fingerprint density at radius 3 is 2.58 bits per heavy atom. The normalized spacial score (nSPS) is 11.7. The second-order valence-electron chi connectivity index (χ2n) is 6.06. The van der Waals surface area contributed by atoms with Crippen molar-refractivity contribution in [3.05, 3.63) is 59.6 Å². The minimum atomic E-state index is -0.288. The zero-order chi connectivity index (χ0) is 18.8. The van der Waals surface area contributed by atoms with E-state index in [1.807, 2.05) is 19.9 Å². The number of carbonyl (C=O) groups excluding carboxylic acids is 1. The lowest BCUT2D eigenvalue weighted by Crippen LogP contribution is -2.14. The minimum Gasteiger partial charge on any atom is -0.496 e. The molecule has 4 nitrogen and oxygen atoms in total. The maximum atomic E-state index is 13.2. The Morgan fingerprint density at radius 2 is 1.96 bits per heavy atom. The molecule has 1 amide bonds. The third-order valence-corrected chi connectivity index (χ3v) is 4.42. The number of amides is 1. The largest absolute Gasteiger partial charge is 0.496 e. The molecule has 0 aliphatic rings. The molecule has 3 rings (SSSR count). The Labute approximate surface area is 151 Å². The van der Waals surface area contributed by atoms with Crippen molar-refractivity contribution in [1.29, 1.82) is 0 Å². The third-order valence-electron chi connectivity index (χ3n) is 4.42. The smallest absolute Gasteiger partial charge is 0.244 e. The number of halogens is 1. The van der Waals surface area contributed by atoms with Gasteiger partial charge in [-0.2, -0.15) is 0 Å². The SMILES string of the molecule is CNC(=O)/C=C(\C)c1cc2c(-c3ccc(F)cc3)coc2c(C)c1OC. The minimum absolute atomic E-state index is 0.187. The van der Waals surface area contributed by atoms with E-state index in [-0.39, 0.29) is 11.7 Å². The molecule has 0 saturated heterocycles. The number of allylic oxidation sites excluding steroid dienone is 1. The number of benzene rings is 2. The van der Waals surface area contributed by atoms with Crippen molar-refractivity contribution in [3.8, 4) is 16.9 Å². The maximum Gasteiger partial charge on any atom is 0.244 e. The van der Waals surface area contributed by atoms with E-state index in [2.05, 4.69) is 5.32 Å². The number of rotatable bonds is 4. The lowest BCUT2D eigenvalue weighted by molar-refractivity contribution is -0.116. The Hall–Kier alpha value is -3.08. The van der Waals surface area contributed by atoms with Crippen LogP contribution < -0.4 is 10.1 Å². The fourth-order valence-corrected chi connectivity index (χ4v) is 3.07. The molecular weight excluding hydrogens is 333 g/mol. The summed E-state index contributed by atoms with van der Waals surface area (Å²) in [6.45, 7) is 3.77. The molecule has 26 heavy (non-hydrogen) atoms. The van der Waals surface area contributed by atoms with Crippen molar-refractivity contribution in [2.45, 2.75) is 13.8 Å². The van der Waals surface area contributed by atoms with Crippen LogP contribution in [-0.2, 0) is 4.79 Å². The molecule has 0 unspecified atom stereocenters. The van der Waals surface area contributed by atoms with Crippen molar-refractivity contribution in [1.82, 2.24) is 5.32 Å². The molecule has 1 N–H and O–H groups in total. The first-order chi connectivity index (χ1) is 12.5. The van der Waals surface area contributed by atoms with Crippen LogP contribution in [0, 0.1) is 12.7 Å². The molecule has 1 aromatic heterocycles. The van der Waals surface area contributed by atoms with Gasteiger partial charge in [-0.25, -0.2) is 4.39 Å². The van der Waals surface area contributed by atoms with Gasteiger partial charge in [0.05, 0.1) is 13.4 Å². The summed E-state index contributed by atoms with van der Waals surface area (Å²) < 4.78 is 24.6. The van der Waals surface area contributed by atoms with Crippen molar-refractivity contribution in [2.75, 3.05) is 14.2 Å². The summed E-state index contributed by atoms with van der Waals surface area (Å²) in [5.74, 6) is 0.188. The molecule has 0 saturated carbocycles. The second-order valence-corrected chi connectivity index (χ2v) is 6.06. The lowest BCUT2D eigenvalue weighted by Gasteiger charge is -2.13. The number of ether oxygens (including phenoxy) is 1. The Balaban J connectivity index is 2.25. The van der Waals surface area contributed by atoms with E-state index < -0.39 is 0 Å². The monoisotopic (exact) mass is 353 g/mol. The highest BCUT2D eigenvalue weighted by atomic mass is 19.1. The molecule has 0 bridgehead atoms. The first kappa shape index (κ1) is 17.7. The van der Waals surface area contributed by atoms with Crippen LogP contribution >= 0.6 is 0 Å². The van der Waals surface area contributed by atoms with Crippen molar-refractivity contribution >= 4 is 22.4 Å². The molecule has 0 spiro atoms. The molecule has 0 atom stereocenters. The van der Waals surface area contributed by atoms with E-state index in [4.69, 9.17) is 9.15 Å².